The summed E-state index contributed by atoms with van der Waals surface area (Å²) in [5.41, 5.74) is 3.03. The average molecular weight is 326 g/mol. The topological polar surface area (TPSA) is 93.0 Å². The quantitative estimate of drug-likeness (QED) is 0.749. The predicted octanol–water partition coefficient (Wildman–Crippen LogP) is 2.11. The Morgan fingerprint density at radius 3 is 2.79 bits per heavy atom. The summed E-state index contributed by atoms with van der Waals surface area (Å²) in [4.78, 5) is 11.9. The fraction of sp³-hybridized carbons (Fsp3) is 0.235. The van der Waals surface area contributed by atoms with E-state index in [9.17, 15) is 9.90 Å². The molecule has 0 amide bonds. The van der Waals surface area contributed by atoms with Gasteiger partial charge in [0.25, 0.3) is 0 Å². The van der Waals surface area contributed by atoms with E-state index in [1.165, 1.54) is 4.68 Å². The van der Waals surface area contributed by atoms with Crippen LogP contribution in [0.1, 0.15) is 23.6 Å². The van der Waals surface area contributed by atoms with Crippen molar-refractivity contribution >= 4 is 0 Å². The SMILES string of the molecule is CCc1cccc(-n2nn[nH]c2=O)c1COc1ccc(O)cc1C. The van der Waals surface area contributed by atoms with Gasteiger partial charge in [0.2, 0.25) is 0 Å². The van der Waals surface area contributed by atoms with E-state index in [1.807, 2.05) is 32.0 Å². The summed E-state index contributed by atoms with van der Waals surface area (Å²) in [6.45, 7) is 4.19. The van der Waals surface area contributed by atoms with Crippen LogP contribution in [0, 0.1) is 6.92 Å². The molecule has 0 aliphatic carbocycles. The minimum atomic E-state index is -0.398. The van der Waals surface area contributed by atoms with Crippen molar-refractivity contribution in [2.75, 3.05) is 0 Å². The standard InChI is InChI=1S/C17H18N4O3/c1-3-12-5-4-6-15(21-17(23)18-19-20-21)14(12)10-24-16-8-7-13(22)9-11(16)2/h4-9,22H,3,10H2,1-2H3,(H,18,20,23). The Bertz CT molecular complexity index is 914. The molecule has 3 aromatic rings. The fourth-order valence-corrected chi connectivity index (χ4v) is 2.62. The van der Waals surface area contributed by atoms with Gasteiger partial charge in [-0.05, 0) is 59.2 Å². The van der Waals surface area contributed by atoms with Gasteiger partial charge in [-0.15, -0.1) is 0 Å². The Balaban J connectivity index is 1.97. The molecule has 0 unspecified atom stereocenters. The van der Waals surface area contributed by atoms with Gasteiger partial charge in [-0.1, -0.05) is 19.1 Å². The smallest absolute Gasteiger partial charge is 0.365 e. The predicted molar refractivity (Wildman–Crippen MR) is 88.5 cm³/mol. The van der Waals surface area contributed by atoms with Gasteiger partial charge in [0.05, 0.1) is 5.69 Å². The molecule has 2 N–H and O–H groups in total. The zero-order valence-corrected chi connectivity index (χ0v) is 13.5. The highest BCUT2D eigenvalue weighted by atomic mass is 16.5. The number of phenolic OH excluding ortho intramolecular Hbond substituents is 1. The molecule has 0 saturated heterocycles. The number of rotatable bonds is 5. The van der Waals surface area contributed by atoms with Gasteiger partial charge < -0.3 is 9.84 Å². The third-order valence-electron chi connectivity index (χ3n) is 3.86. The van der Waals surface area contributed by atoms with E-state index in [1.54, 1.807) is 18.2 Å². The number of nitrogens with zero attached hydrogens (tertiary/aromatic N) is 3. The van der Waals surface area contributed by atoms with Gasteiger partial charge in [-0.2, -0.15) is 4.68 Å². The van der Waals surface area contributed by atoms with Crippen molar-refractivity contribution in [2.45, 2.75) is 26.9 Å². The molecule has 1 aromatic heterocycles. The number of H-pyrrole nitrogens is 1. The maximum absolute atomic E-state index is 11.9. The number of benzene rings is 2. The lowest BCUT2D eigenvalue weighted by Crippen LogP contribution is -2.19. The van der Waals surface area contributed by atoms with Crippen LogP contribution in [-0.4, -0.2) is 25.3 Å². The van der Waals surface area contributed by atoms with Gasteiger partial charge in [0, 0.05) is 5.56 Å². The minimum Gasteiger partial charge on any atom is -0.508 e. The maximum Gasteiger partial charge on any atom is 0.365 e. The molecule has 0 aliphatic rings. The van der Waals surface area contributed by atoms with Crippen LogP contribution in [0.3, 0.4) is 0 Å². The third kappa shape index (κ3) is 3.01. The number of phenols is 1. The first-order chi connectivity index (χ1) is 11.6. The van der Waals surface area contributed by atoms with Gasteiger partial charge in [-0.25, -0.2) is 9.89 Å². The van der Waals surface area contributed by atoms with Crippen LogP contribution in [0.4, 0.5) is 0 Å². The molecule has 0 spiro atoms. The first-order valence-corrected chi connectivity index (χ1v) is 7.64. The van der Waals surface area contributed by atoms with E-state index in [0.29, 0.717) is 11.4 Å². The van der Waals surface area contributed by atoms with Crippen LogP contribution in [0.25, 0.3) is 5.69 Å². The highest BCUT2D eigenvalue weighted by Crippen LogP contribution is 2.25. The first-order valence-electron chi connectivity index (χ1n) is 7.64. The molecule has 0 radical (unpaired) electrons. The molecular formula is C17H18N4O3. The summed E-state index contributed by atoms with van der Waals surface area (Å²) in [6, 6.07) is 10.6. The largest absolute Gasteiger partial charge is 0.508 e. The number of aromatic hydroxyl groups is 1. The van der Waals surface area contributed by atoms with E-state index < -0.39 is 5.69 Å². The molecule has 3 rings (SSSR count). The molecule has 7 heteroatoms. The Morgan fingerprint density at radius 1 is 1.29 bits per heavy atom. The molecule has 24 heavy (non-hydrogen) atoms. The lowest BCUT2D eigenvalue weighted by Gasteiger charge is -2.15. The number of nitrogens with one attached hydrogen (secondary N) is 1. The number of hydrogen-bond acceptors (Lipinski definition) is 5. The van der Waals surface area contributed by atoms with E-state index in [4.69, 9.17) is 4.74 Å². The zero-order valence-electron chi connectivity index (χ0n) is 13.5. The van der Waals surface area contributed by atoms with Crippen molar-refractivity contribution in [1.29, 1.82) is 0 Å². The normalized spacial score (nSPS) is 10.8. The van der Waals surface area contributed by atoms with Crippen molar-refractivity contribution in [2.24, 2.45) is 0 Å². The lowest BCUT2D eigenvalue weighted by atomic mass is 10.0. The van der Waals surface area contributed by atoms with Crippen molar-refractivity contribution in [1.82, 2.24) is 20.2 Å². The maximum atomic E-state index is 11.9. The van der Waals surface area contributed by atoms with Crippen LogP contribution in [0.15, 0.2) is 41.2 Å². The molecule has 0 atom stereocenters. The second-order valence-corrected chi connectivity index (χ2v) is 5.43. The number of hydrogen-bond donors (Lipinski definition) is 2. The Morgan fingerprint density at radius 2 is 2.12 bits per heavy atom. The number of ether oxygens (including phenoxy) is 1. The van der Waals surface area contributed by atoms with Gasteiger partial charge in [-0.3, -0.25) is 0 Å². The van der Waals surface area contributed by atoms with Gasteiger partial charge in [0.15, 0.2) is 0 Å². The van der Waals surface area contributed by atoms with Crippen LogP contribution < -0.4 is 10.4 Å². The molecule has 0 fully saturated rings. The summed E-state index contributed by atoms with van der Waals surface area (Å²) in [7, 11) is 0. The van der Waals surface area contributed by atoms with Crippen LogP contribution >= 0.6 is 0 Å². The van der Waals surface area contributed by atoms with Crippen molar-refractivity contribution in [3.63, 3.8) is 0 Å². The number of aromatic amines is 1. The summed E-state index contributed by atoms with van der Waals surface area (Å²) >= 11 is 0. The third-order valence-corrected chi connectivity index (χ3v) is 3.86. The molecule has 0 aliphatic heterocycles. The van der Waals surface area contributed by atoms with Gasteiger partial charge >= 0.3 is 5.69 Å². The van der Waals surface area contributed by atoms with Crippen LogP contribution in [0.5, 0.6) is 11.5 Å². The Kier molecular flexibility index (Phi) is 4.33. The summed E-state index contributed by atoms with van der Waals surface area (Å²) in [5, 5.41) is 19.2. The molecule has 7 nitrogen and oxygen atoms in total. The average Bonchev–Trinajstić information content (AvgIpc) is 2.99. The minimum absolute atomic E-state index is 0.198. The number of aromatic nitrogens is 4. The molecule has 2 aromatic carbocycles. The van der Waals surface area contributed by atoms with Crippen molar-refractivity contribution < 1.29 is 9.84 Å². The summed E-state index contributed by atoms with van der Waals surface area (Å²) in [6.07, 6.45) is 0.799. The summed E-state index contributed by atoms with van der Waals surface area (Å²) in [5.74, 6) is 0.876. The lowest BCUT2D eigenvalue weighted by molar-refractivity contribution is 0.301. The monoisotopic (exact) mass is 326 g/mol. The van der Waals surface area contributed by atoms with Crippen LogP contribution in [-0.2, 0) is 13.0 Å². The number of aryl methyl sites for hydroxylation is 2. The van der Waals surface area contributed by atoms with Gasteiger partial charge in [0.1, 0.15) is 18.1 Å². The fourth-order valence-electron chi connectivity index (χ4n) is 2.62. The first kappa shape index (κ1) is 15.8. The Labute approximate surface area is 138 Å². The van der Waals surface area contributed by atoms with Crippen LogP contribution in [0.2, 0.25) is 0 Å². The Hall–Kier alpha value is -3.09. The molecule has 124 valence electrons. The van der Waals surface area contributed by atoms with E-state index >= 15 is 0 Å². The molecule has 1 heterocycles. The van der Waals surface area contributed by atoms with E-state index in [0.717, 1.165) is 23.1 Å². The number of tetrazole rings is 1. The zero-order chi connectivity index (χ0) is 17.1. The highest BCUT2D eigenvalue weighted by molar-refractivity contribution is 5.46. The second kappa shape index (κ2) is 6.57. The highest BCUT2D eigenvalue weighted by Gasteiger charge is 2.13. The van der Waals surface area contributed by atoms with E-state index in [-0.39, 0.29) is 12.4 Å². The summed E-state index contributed by atoms with van der Waals surface area (Å²) < 4.78 is 7.14. The molecular weight excluding hydrogens is 308 g/mol. The van der Waals surface area contributed by atoms with Crippen molar-refractivity contribution in [3.05, 3.63) is 63.6 Å². The van der Waals surface area contributed by atoms with Crippen molar-refractivity contribution in [3.8, 4) is 17.2 Å². The molecule has 0 bridgehead atoms. The second-order valence-electron chi connectivity index (χ2n) is 5.43. The van der Waals surface area contributed by atoms with E-state index in [2.05, 4.69) is 15.5 Å². The molecule has 0 saturated carbocycles.